The molecular formula is C32H24F2N6O2S. The average molecular weight is 595 g/mol. The van der Waals surface area contributed by atoms with Crippen molar-refractivity contribution in [3.05, 3.63) is 114 Å². The van der Waals surface area contributed by atoms with E-state index in [4.69, 9.17) is 4.98 Å². The Hall–Kier alpha value is -4.90. The first kappa shape index (κ1) is 27.0. The number of aryl methyl sites for hydroxylation is 1. The molecule has 214 valence electrons. The molecule has 3 heterocycles. The van der Waals surface area contributed by atoms with Gasteiger partial charge in [-0.2, -0.15) is 5.10 Å². The summed E-state index contributed by atoms with van der Waals surface area (Å²) in [6.07, 6.45) is 4.50. The number of imidazole rings is 1. The van der Waals surface area contributed by atoms with Crippen LogP contribution in [0.2, 0.25) is 0 Å². The van der Waals surface area contributed by atoms with Gasteiger partial charge in [-0.3, -0.25) is 19.2 Å². The Balaban J connectivity index is 1.21. The molecule has 0 fully saturated rings. The molecule has 1 aliphatic heterocycles. The summed E-state index contributed by atoms with van der Waals surface area (Å²) in [5.41, 5.74) is 2.84. The zero-order valence-electron chi connectivity index (χ0n) is 22.8. The van der Waals surface area contributed by atoms with Crippen molar-refractivity contribution in [1.29, 1.82) is 0 Å². The van der Waals surface area contributed by atoms with E-state index in [1.165, 1.54) is 35.1 Å². The lowest BCUT2D eigenvalue weighted by Gasteiger charge is -2.27. The summed E-state index contributed by atoms with van der Waals surface area (Å²) in [6, 6.07) is 20.2. The molecule has 0 saturated heterocycles. The predicted molar refractivity (Wildman–Crippen MR) is 158 cm³/mol. The summed E-state index contributed by atoms with van der Waals surface area (Å²) in [6.45, 7) is 1.11. The summed E-state index contributed by atoms with van der Waals surface area (Å²) >= 11 is 1.37. The third-order valence-electron chi connectivity index (χ3n) is 7.60. The van der Waals surface area contributed by atoms with Crippen LogP contribution in [0.4, 0.5) is 8.78 Å². The van der Waals surface area contributed by atoms with Crippen LogP contribution in [0.15, 0.2) is 95.5 Å². The lowest BCUT2D eigenvalue weighted by atomic mass is 9.94. The van der Waals surface area contributed by atoms with Crippen molar-refractivity contribution in [2.45, 2.75) is 36.0 Å². The van der Waals surface area contributed by atoms with Gasteiger partial charge in [-0.05, 0) is 54.6 Å². The van der Waals surface area contributed by atoms with Crippen LogP contribution < -0.4 is 0 Å². The fourth-order valence-electron chi connectivity index (χ4n) is 5.51. The summed E-state index contributed by atoms with van der Waals surface area (Å²) in [4.78, 5) is 37.9. The molecule has 11 heteroatoms. The monoisotopic (exact) mass is 594 g/mol. The minimum Gasteiger partial charge on any atom is -0.314 e. The van der Waals surface area contributed by atoms with Crippen LogP contribution in [0.5, 0.6) is 0 Å². The number of halogens is 2. The first-order valence-corrected chi connectivity index (χ1v) is 14.6. The number of imide groups is 1. The van der Waals surface area contributed by atoms with Gasteiger partial charge in [0.1, 0.15) is 24.3 Å². The van der Waals surface area contributed by atoms with E-state index in [9.17, 15) is 18.4 Å². The van der Waals surface area contributed by atoms with Gasteiger partial charge in [-0.15, -0.1) is 0 Å². The van der Waals surface area contributed by atoms with E-state index in [1.807, 2.05) is 47.0 Å². The maximum absolute atomic E-state index is 14.7. The van der Waals surface area contributed by atoms with Crippen molar-refractivity contribution in [3.8, 4) is 0 Å². The van der Waals surface area contributed by atoms with Crippen LogP contribution >= 0.6 is 11.8 Å². The van der Waals surface area contributed by atoms with Crippen molar-refractivity contribution in [1.82, 2.24) is 29.2 Å². The topological polar surface area (TPSA) is 85.9 Å². The molecule has 7 rings (SSSR count). The first-order valence-electron chi connectivity index (χ1n) is 13.8. The number of amides is 2. The normalized spacial score (nSPS) is 13.0. The number of carbonyl (C=O) groups is 2. The highest BCUT2D eigenvalue weighted by molar-refractivity contribution is 7.99. The molecule has 2 aromatic heterocycles. The molecule has 43 heavy (non-hydrogen) atoms. The quantitative estimate of drug-likeness (QED) is 0.144. The lowest BCUT2D eigenvalue weighted by Crippen LogP contribution is -2.41. The smallest absolute Gasteiger partial charge is 0.261 e. The highest BCUT2D eigenvalue weighted by Crippen LogP contribution is 2.39. The van der Waals surface area contributed by atoms with Gasteiger partial charge < -0.3 is 4.57 Å². The molecule has 1 aliphatic rings. The fraction of sp³-hybridized carbons (Fsp3) is 0.156. The molecule has 6 aromatic rings. The number of fused-ring (bicyclic) bond motifs is 1. The standard InChI is InChI=1S/C32H24F2N6O2S/c33-21-11-10-20(25(34)16-21)17-40-27-9-2-1-8-26(27)37-32(40)43-28-13-12-24-29-22(28)6-5-7-23(29)30(41)39(31(24)42)15-4-3-14-38-19-35-18-36-38/h1-2,5-13,16,18-19H,3-4,14-15,17H2. The number of hydrogen-bond acceptors (Lipinski definition) is 6. The first-order chi connectivity index (χ1) is 21.0. The van der Waals surface area contributed by atoms with E-state index >= 15 is 0 Å². The largest absolute Gasteiger partial charge is 0.314 e. The Kier molecular flexibility index (Phi) is 6.94. The summed E-state index contributed by atoms with van der Waals surface area (Å²) < 4.78 is 31.9. The molecule has 0 spiro atoms. The van der Waals surface area contributed by atoms with Gasteiger partial charge in [0.2, 0.25) is 0 Å². The summed E-state index contributed by atoms with van der Waals surface area (Å²) in [5.74, 6) is -1.89. The fourth-order valence-corrected chi connectivity index (χ4v) is 6.54. The molecular weight excluding hydrogens is 570 g/mol. The molecule has 0 N–H and O–H groups in total. The number of rotatable bonds is 9. The van der Waals surface area contributed by atoms with E-state index in [2.05, 4.69) is 10.1 Å². The Morgan fingerprint density at radius 2 is 1.65 bits per heavy atom. The van der Waals surface area contributed by atoms with E-state index < -0.39 is 11.6 Å². The molecule has 0 atom stereocenters. The number of carbonyl (C=O) groups excluding carboxylic acids is 2. The second-order valence-electron chi connectivity index (χ2n) is 10.3. The third kappa shape index (κ3) is 4.95. The molecule has 0 radical (unpaired) electrons. The summed E-state index contributed by atoms with van der Waals surface area (Å²) in [7, 11) is 0. The summed E-state index contributed by atoms with van der Waals surface area (Å²) in [5, 5.41) is 6.08. The highest BCUT2D eigenvalue weighted by atomic mass is 32.2. The molecule has 0 saturated carbocycles. The van der Waals surface area contributed by atoms with E-state index in [0.717, 1.165) is 33.8 Å². The van der Waals surface area contributed by atoms with E-state index in [-0.39, 0.29) is 18.4 Å². The van der Waals surface area contributed by atoms with Crippen LogP contribution in [0.25, 0.3) is 21.8 Å². The maximum Gasteiger partial charge on any atom is 0.261 e. The van der Waals surface area contributed by atoms with Gasteiger partial charge in [-0.1, -0.05) is 42.1 Å². The van der Waals surface area contributed by atoms with Gasteiger partial charge in [0.15, 0.2) is 5.16 Å². The van der Waals surface area contributed by atoms with Gasteiger partial charge in [0.25, 0.3) is 11.8 Å². The lowest BCUT2D eigenvalue weighted by molar-refractivity contribution is 0.0607. The average Bonchev–Trinajstić information content (AvgIpc) is 3.65. The number of hydrogen-bond donors (Lipinski definition) is 0. The Bertz CT molecular complexity index is 2000. The molecule has 0 unspecified atom stereocenters. The maximum atomic E-state index is 14.7. The van der Waals surface area contributed by atoms with Crippen LogP contribution in [0.3, 0.4) is 0 Å². The molecule has 8 nitrogen and oxygen atoms in total. The molecule has 2 amide bonds. The van der Waals surface area contributed by atoms with Crippen molar-refractivity contribution in [2.75, 3.05) is 6.54 Å². The molecule has 0 aliphatic carbocycles. The second kappa shape index (κ2) is 11.1. The second-order valence-corrected chi connectivity index (χ2v) is 11.3. The van der Waals surface area contributed by atoms with E-state index in [1.54, 1.807) is 23.1 Å². The molecule has 4 aromatic carbocycles. The van der Waals surface area contributed by atoms with Crippen molar-refractivity contribution < 1.29 is 18.4 Å². The zero-order chi connectivity index (χ0) is 29.5. The highest BCUT2D eigenvalue weighted by Gasteiger charge is 2.33. The Labute approximate surface area is 249 Å². The molecule has 0 bridgehead atoms. The third-order valence-corrected chi connectivity index (χ3v) is 8.67. The van der Waals surface area contributed by atoms with Crippen molar-refractivity contribution in [3.63, 3.8) is 0 Å². The van der Waals surface area contributed by atoms with Crippen LogP contribution in [-0.2, 0) is 13.1 Å². The van der Waals surface area contributed by atoms with Gasteiger partial charge in [0.05, 0.1) is 17.6 Å². The van der Waals surface area contributed by atoms with Gasteiger partial charge in [0, 0.05) is 46.1 Å². The van der Waals surface area contributed by atoms with Crippen LogP contribution in [-0.4, -0.2) is 47.6 Å². The Morgan fingerprint density at radius 3 is 2.47 bits per heavy atom. The Morgan fingerprint density at radius 1 is 0.837 bits per heavy atom. The van der Waals surface area contributed by atoms with Crippen molar-refractivity contribution in [2.24, 2.45) is 0 Å². The van der Waals surface area contributed by atoms with Gasteiger partial charge in [-0.25, -0.2) is 18.7 Å². The van der Waals surface area contributed by atoms with Crippen LogP contribution in [0.1, 0.15) is 39.1 Å². The minimum absolute atomic E-state index is 0.152. The number of para-hydroxylation sites is 2. The number of aromatic nitrogens is 5. The van der Waals surface area contributed by atoms with E-state index in [0.29, 0.717) is 46.7 Å². The number of unbranched alkanes of at least 4 members (excludes halogenated alkanes) is 1. The van der Waals surface area contributed by atoms with Crippen molar-refractivity contribution >= 4 is 45.4 Å². The zero-order valence-corrected chi connectivity index (χ0v) is 23.6. The number of nitrogens with zero attached hydrogens (tertiary/aromatic N) is 6. The number of benzene rings is 4. The minimum atomic E-state index is -0.635. The van der Waals surface area contributed by atoms with Gasteiger partial charge >= 0.3 is 0 Å². The van der Waals surface area contributed by atoms with Crippen LogP contribution in [0, 0.1) is 11.6 Å². The predicted octanol–water partition coefficient (Wildman–Crippen LogP) is 6.34. The SMILES string of the molecule is O=C1c2cccc3c(Sc4nc5ccccc5n4Cc4ccc(F)cc4F)ccc(c23)C(=O)N1CCCCn1cncn1.